The lowest BCUT2D eigenvalue weighted by atomic mass is 10.1. The van der Waals surface area contributed by atoms with Gasteiger partial charge in [0.1, 0.15) is 6.61 Å². The number of ether oxygens (including phenoxy) is 2. The van der Waals surface area contributed by atoms with Crippen molar-refractivity contribution in [2.75, 3.05) is 12.4 Å². The molecular formula is C16H20N2O3S. The highest BCUT2D eigenvalue weighted by Crippen LogP contribution is 2.27. The molecule has 0 saturated heterocycles. The largest absolute Gasteiger partial charge is 0.472 e. The van der Waals surface area contributed by atoms with Crippen molar-refractivity contribution in [3.8, 4) is 5.88 Å². The van der Waals surface area contributed by atoms with Crippen LogP contribution in [0.15, 0.2) is 35.4 Å². The molecule has 1 aromatic heterocycles. The Morgan fingerprint density at radius 3 is 2.77 bits per heavy atom. The molecule has 0 fully saturated rings. The summed E-state index contributed by atoms with van der Waals surface area (Å²) in [6.07, 6.45) is 1.81. The molecule has 0 aliphatic heterocycles. The minimum absolute atomic E-state index is 0.286. The highest BCUT2D eigenvalue weighted by Gasteiger charge is 2.17. The third-order valence-electron chi connectivity index (χ3n) is 2.98. The van der Waals surface area contributed by atoms with E-state index in [9.17, 15) is 4.79 Å². The summed E-state index contributed by atoms with van der Waals surface area (Å²) in [6, 6.07) is 7.43. The van der Waals surface area contributed by atoms with Crippen molar-refractivity contribution in [3.05, 3.63) is 41.6 Å². The van der Waals surface area contributed by atoms with E-state index in [1.807, 2.05) is 25.4 Å². The Morgan fingerprint density at radius 2 is 2.14 bits per heavy atom. The number of hydrogen-bond donors (Lipinski definition) is 0. The summed E-state index contributed by atoms with van der Waals surface area (Å²) in [5, 5.41) is 4.18. The van der Waals surface area contributed by atoms with Crippen molar-refractivity contribution in [1.82, 2.24) is 9.78 Å². The van der Waals surface area contributed by atoms with Crippen LogP contribution in [-0.4, -0.2) is 28.1 Å². The maximum Gasteiger partial charge on any atom is 0.338 e. The van der Waals surface area contributed by atoms with Crippen LogP contribution in [0.1, 0.15) is 29.8 Å². The average molecular weight is 320 g/mol. The fraction of sp³-hybridized carbons (Fsp3) is 0.375. The summed E-state index contributed by atoms with van der Waals surface area (Å²) in [6.45, 7) is 4.51. The van der Waals surface area contributed by atoms with E-state index >= 15 is 0 Å². The van der Waals surface area contributed by atoms with Gasteiger partial charge >= 0.3 is 5.97 Å². The van der Waals surface area contributed by atoms with Crippen molar-refractivity contribution in [2.24, 2.45) is 7.05 Å². The molecule has 0 aliphatic rings. The second-order valence-corrected chi connectivity index (χ2v) is 5.86. The van der Waals surface area contributed by atoms with Crippen LogP contribution in [0.2, 0.25) is 0 Å². The fourth-order valence-corrected chi connectivity index (χ4v) is 2.85. The Balaban J connectivity index is 2.26. The highest BCUT2D eigenvalue weighted by atomic mass is 32.2. The second kappa shape index (κ2) is 7.89. The predicted octanol–water partition coefficient (Wildman–Crippen LogP) is 3.29. The molecule has 118 valence electrons. The molecule has 0 amide bonds. The molecule has 2 aromatic rings. The SMILES string of the molecule is CCOC(=O)c1cccc(SCC)c1COc1ccn(C)n1. The zero-order valence-corrected chi connectivity index (χ0v) is 13.9. The van der Waals surface area contributed by atoms with Gasteiger partial charge in [-0.3, -0.25) is 4.68 Å². The highest BCUT2D eigenvalue weighted by molar-refractivity contribution is 7.99. The molecule has 0 atom stereocenters. The first kappa shape index (κ1) is 16.4. The zero-order valence-electron chi connectivity index (χ0n) is 13.0. The zero-order chi connectivity index (χ0) is 15.9. The molecule has 0 N–H and O–H groups in total. The van der Waals surface area contributed by atoms with Gasteiger partial charge in [-0.25, -0.2) is 4.79 Å². The molecule has 5 nitrogen and oxygen atoms in total. The van der Waals surface area contributed by atoms with Crippen LogP contribution in [0.5, 0.6) is 5.88 Å². The number of rotatable bonds is 7. The normalized spacial score (nSPS) is 10.5. The Morgan fingerprint density at radius 1 is 1.32 bits per heavy atom. The standard InChI is InChI=1S/C16H20N2O3S/c1-4-20-16(19)12-7-6-8-14(22-5-2)13(12)11-21-15-9-10-18(3)17-15/h6-10H,4-5,11H2,1-3H3. The van der Waals surface area contributed by atoms with Gasteiger partial charge in [-0.05, 0) is 24.8 Å². The molecule has 0 radical (unpaired) electrons. The Hall–Kier alpha value is -1.95. The number of aromatic nitrogens is 2. The first-order chi connectivity index (χ1) is 10.7. The number of carbonyl (C=O) groups is 1. The minimum atomic E-state index is -0.319. The van der Waals surface area contributed by atoms with E-state index < -0.39 is 0 Å². The maximum absolute atomic E-state index is 12.1. The number of thioether (sulfide) groups is 1. The molecule has 0 spiro atoms. The predicted molar refractivity (Wildman–Crippen MR) is 86.3 cm³/mol. The van der Waals surface area contributed by atoms with Crippen molar-refractivity contribution < 1.29 is 14.3 Å². The van der Waals surface area contributed by atoms with Gasteiger partial charge in [0.2, 0.25) is 5.88 Å². The van der Waals surface area contributed by atoms with Crippen LogP contribution in [0.25, 0.3) is 0 Å². The van der Waals surface area contributed by atoms with Crippen LogP contribution >= 0.6 is 11.8 Å². The number of esters is 1. The van der Waals surface area contributed by atoms with Gasteiger partial charge in [0.15, 0.2) is 0 Å². The molecule has 0 bridgehead atoms. The van der Waals surface area contributed by atoms with E-state index in [2.05, 4.69) is 12.0 Å². The molecule has 1 heterocycles. The van der Waals surface area contributed by atoms with Crippen LogP contribution in [-0.2, 0) is 18.4 Å². The molecule has 6 heteroatoms. The quantitative estimate of drug-likeness (QED) is 0.579. The number of nitrogens with zero attached hydrogens (tertiary/aromatic N) is 2. The van der Waals surface area contributed by atoms with Gasteiger partial charge in [0.25, 0.3) is 0 Å². The third-order valence-corrected chi connectivity index (χ3v) is 3.96. The van der Waals surface area contributed by atoms with Crippen molar-refractivity contribution >= 4 is 17.7 Å². The molecule has 0 unspecified atom stereocenters. The van der Waals surface area contributed by atoms with Gasteiger partial charge < -0.3 is 9.47 Å². The number of carbonyl (C=O) groups excluding carboxylic acids is 1. The van der Waals surface area contributed by atoms with E-state index in [0.717, 1.165) is 16.2 Å². The first-order valence-corrected chi connectivity index (χ1v) is 8.18. The smallest absolute Gasteiger partial charge is 0.338 e. The average Bonchev–Trinajstić information content (AvgIpc) is 2.92. The van der Waals surface area contributed by atoms with Gasteiger partial charge in [0, 0.05) is 29.8 Å². The number of aryl methyl sites for hydroxylation is 1. The summed E-state index contributed by atoms with van der Waals surface area (Å²) >= 11 is 1.68. The molecule has 1 aromatic carbocycles. The summed E-state index contributed by atoms with van der Waals surface area (Å²) < 4.78 is 12.5. The van der Waals surface area contributed by atoms with Gasteiger partial charge in [0.05, 0.1) is 12.2 Å². The molecule has 0 aliphatic carbocycles. The lowest BCUT2D eigenvalue weighted by molar-refractivity contribution is 0.0522. The second-order valence-electron chi connectivity index (χ2n) is 4.55. The monoisotopic (exact) mass is 320 g/mol. The minimum Gasteiger partial charge on any atom is -0.472 e. The topological polar surface area (TPSA) is 53.4 Å². The van der Waals surface area contributed by atoms with Gasteiger partial charge in [-0.15, -0.1) is 16.9 Å². The summed E-state index contributed by atoms with van der Waals surface area (Å²) in [5.74, 6) is 1.14. The van der Waals surface area contributed by atoms with E-state index in [1.54, 1.807) is 35.5 Å². The van der Waals surface area contributed by atoms with E-state index in [0.29, 0.717) is 18.1 Å². The van der Waals surface area contributed by atoms with Crippen LogP contribution in [0.4, 0.5) is 0 Å². The van der Waals surface area contributed by atoms with Gasteiger partial charge in [-0.1, -0.05) is 13.0 Å². The molecule has 0 saturated carbocycles. The Labute approximate surface area is 134 Å². The van der Waals surface area contributed by atoms with Crippen molar-refractivity contribution in [1.29, 1.82) is 0 Å². The van der Waals surface area contributed by atoms with E-state index in [1.165, 1.54) is 0 Å². The van der Waals surface area contributed by atoms with Gasteiger partial charge in [-0.2, -0.15) is 0 Å². The Bertz CT molecular complexity index is 640. The lowest BCUT2D eigenvalue weighted by Crippen LogP contribution is -2.11. The molecular weight excluding hydrogens is 300 g/mol. The maximum atomic E-state index is 12.1. The molecule has 22 heavy (non-hydrogen) atoms. The summed E-state index contributed by atoms with van der Waals surface area (Å²) in [7, 11) is 1.83. The fourth-order valence-electron chi connectivity index (χ4n) is 2.02. The molecule has 2 rings (SSSR count). The van der Waals surface area contributed by atoms with Crippen LogP contribution in [0, 0.1) is 0 Å². The summed E-state index contributed by atoms with van der Waals surface area (Å²) in [5.41, 5.74) is 1.40. The van der Waals surface area contributed by atoms with E-state index in [-0.39, 0.29) is 12.6 Å². The lowest BCUT2D eigenvalue weighted by Gasteiger charge is -2.13. The van der Waals surface area contributed by atoms with E-state index in [4.69, 9.17) is 9.47 Å². The van der Waals surface area contributed by atoms with Crippen molar-refractivity contribution in [3.63, 3.8) is 0 Å². The van der Waals surface area contributed by atoms with Crippen molar-refractivity contribution in [2.45, 2.75) is 25.3 Å². The Kier molecular flexibility index (Phi) is 5.89. The number of hydrogen-bond acceptors (Lipinski definition) is 5. The first-order valence-electron chi connectivity index (χ1n) is 7.20. The van der Waals surface area contributed by atoms with Crippen LogP contribution in [0.3, 0.4) is 0 Å². The third kappa shape index (κ3) is 4.04. The van der Waals surface area contributed by atoms with Crippen LogP contribution < -0.4 is 4.74 Å². The summed E-state index contributed by atoms with van der Waals surface area (Å²) in [4.78, 5) is 13.2. The number of benzene rings is 1.